The summed E-state index contributed by atoms with van der Waals surface area (Å²) >= 11 is 0. The van der Waals surface area contributed by atoms with E-state index in [1.165, 1.54) is 83.5 Å². The van der Waals surface area contributed by atoms with E-state index in [0.717, 1.165) is 96.3 Å². The molecule has 1 amide bonds. The highest BCUT2D eigenvalue weighted by Crippen LogP contribution is 2.13. The summed E-state index contributed by atoms with van der Waals surface area (Å²) in [6.45, 7) is 4.16. The van der Waals surface area contributed by atoms with E-state index in [-0.39, 0.29) is 12.5 Å². The second kappa shape index (κ2) is 49.2. The Morgan fingerprint density at radius 2 is 0.746 bits per heavy atom. The predicted molar refractivity (Wildman–Crippen MR) is 262 cm³/mol. The number of aliphatic hydroxyl groups is 2. The Labute approximate surface area is 365 Å². The summed E-state index contributed by atoms with van der Waals surface area (Å²) in [6.07, 6.45) is 76.0. The maximum Gasteiger partial charge on any atom is 0.220 e. The number of carbonyl (C=O) groups is 1. The van der Waals surface area contributed by atoms with Crippen LogP contribution in [0.4, 0.5) is 0 Å². The van der Waals surface area contributed by atoms with E-state index < -0.39 is 12.1 Å². The van der Waals surface area contributed by atoms with Crippen molar-refractivity contribution in [2.24, 2.45) is 0 Å². The zero-order valence-electron chi connectivity index (χ0n) is 38.2. The lowest BCUT2D eigenvalue weighted by molar-refractivity contribution is -0.123. The third-order valence-corrected chi connectivity index (χ3v) is 10.2. The molecule has 0 bridgehead atoms. The molecule has 334 valence electrons. The predicted octanol–water partition coefficient (Wildman–Crippen LogP) is 15.7. The fourth-order valence-electron chi connectivity index (χ4n) is 6.52. The SMILES string of the molecule is CC/C=C\C/C=C\C/C=C\C/C=C\C/C=C\C/C=C\C/C=C\C/C=C\C/C=C\CCCCCCCCCC(=O)NC(CO)C(O)/C=C/CCCCCCCCCCCC. The van der Waals surface area contributed by atoms with Crippen LogP contribution in [0.25, 0.3) is 0 Å². The first-order chi connectivity index (χ1) is 29.2. The van der Waals surface area contributed by atoms with E-state index in [0.29, 0.717) is 6.42 Å². The molecule has 0 fully saturated rings. The lowest BCUT2D eigenvalue weighted by Gasteiger charge is -2.20. The average Bonchev–Trinajstić information content (AvgIpc) is 3.24. The minimum Gasteiger partial charge on any atom is -0.394 e. The monoisotopic (exact) mass is 814 g/mol. The van der Waals surface area contributed by atoms with E-state index >= 15 is 0 Å². The van der Waals surface area contributed by atoms with Crippen LogP contribution in [-0.4, -0.2) is 34.9 Å². The van der Waals surface area contributed by atoms with Crippen LogP contribution in [0.3, 0.4) is 0 Å². The molecule has 0 rings (SSSR count). The van der Waals surface area contributed by atoms with Crippen LogP contribution >= 0.6 is 0 Å². The van der Waals surface area contributed by atoms with Gasteiger partial charge in [0, 0.05) is 6.42 Å². The van der Waals surface area contributed by atoms with E-state index in [9.17, 15) is 15.0 Å². The average molecular weight is 814 g/mol. The highest BCUT2D eigenvalue weighted by molar-refractivity contribution is 5.76. The molecule has 0 aliphatic heterocycles. The molecule has 0 aromatic heterocycles. The standard InChI is InChI=1S/C55H91NO3/c1-3-5-7-9-11-13-15-17-18-19-20-21-22-23-24-25-26-27-28-29-30-31-32-33-34-35-36-37-38-39-41-43-45-47-49-51-55(59)56-53(52-57)54(58)50-48-46-44-42-40-16-14-12-10-8-6-4-2/h5,7,11,13,17-18,20-21,23-24,26-27,29-30,32-33,35-36,48,50,53-54,57-58H,3-4,6,8-10,12,14-16,19,22,25,28,31,34,37-47,49,51-52H2,1-2H3,(H,56,59)/b7-5-,13-11-,18-17-,21-20-,24-23-,27-26-,30-29-,33-32-,36-35-,50-48+. The van der Waals surface area contributed by atoms with E-state index in [1.54, 1.807) is 6.08 Å². The third-order valence-electron chi connectivity index (χ3n) is 10.2. The molecule has 59 heavy (non-hydrogen) atoms. The molecule has 4 nitrogen and oxygen atoms in total. The topological polar surface area (TPSA) is 69.6 Å². The Morgan fingerprint density at radius 3 is 1.12 bits per heavy atom. The fraction of sp³-hybridized carbons (Fsp3) is 0.618. The van der Waals surface area contributed by atoms with Gasteiger partial charge in [-0.2, -0.15) is 0 Å². The molecular weight excluding hydrogens is 723 g/mol. The van der Waals surface area contributed by atoms with Crippen LogP contribution in [0.5, 0.6) is 0 Å². The van der Waals surface area contributed by atoms with Crippen LogP contribution in [0.1, 0.15) is 200 Å². The molecule has 0 heterocycles. The van der Waals surface area contributed by atoms with Crippen LogP contribution in [0, 0.1) is 0 Å². The van der Waals surface area contributed by atoms with Gasteiger partial charge in [-0.3, -0.25) is 4.79 Å². The van der Waals surface area contributed by atoms with Gasteiger partial charge >= 0.3 is 0 Å². The summed E-state index contributed by atoms with van der Waals surface area (Å²) in [5.74, 6) is -0.0823. The molecule has 4 heteroatoms. The molecule has 0 saturated heterocycles. The molecule has 0 aromatic rings. The number of amides is 1. The van der Waals surface area contributed by atoms with Gasteiger partial charge in [0.1, 0.15) is 0 Å². The maximum atomic E-state index is 12.4. The number of hydrogen-bond acceptors (Lipinski definition) is 3. The zero-order chi connectivity index (χ0) is 42.8. The fourth-order valence-corrected chi connectivity index (χ4v) is 6.52. The number of nitrogens with one attached hydrogen (secondary N) is 1. The van der Waals surface area contributed by atoms with E-state index in [1.807, 2.05) is 6.08 Å². The highest BCUT2D eigenvalue weighted by atomic mass is 16.3. The zero-order valence-corrected chi connectivity index (χ0v) is 38.2. The quantitative estimate of drug-likeness (QED) is 0.0425. The smallest absolute Gasteiger partial charge is 0.220 e. The van der Waals surface area contributed by atoms with Crippen molar-refractivity contribution >= 4 is 5.91 Å². The molecule has 0 aromatic carbocycles. The van der Waals surface area contributed by atoms with Crippen LogP contribution in [-0.2, 0) is 4.79 Å². The second-order valence-electron chi connectivity index (χ2n) is 15.8. The first kappa shape index (κ1) is 55.8. The normalized spacial score (nSPS) is 14.0. The summed E-state index contributed by atoms with van der Waals surface area (Å²) < 4.78 is 0. The van der Waals surface area contributed by atoms with Crippen molar-refractivity contribution in [3.05, 3.63) is 122 Å². The van der Waals surface area contributed by atoms with Gasteiger partial charge in [-0.15, -0.1) is 0 Å². The van der Waals surface area contributed by atoms with Gasteiger partial charge in [-0.1, -0.05) is 225 Å². The lowest BCUT2D eigenvalue weighted by atomic mass is 10.1. The van der Waals surface area contributed by atoms with Gasteiger partial charge in [0.15, 0.2) is 0 Å². The van der Waals surface area contributed by atoms with E-state index in [2.05, 4.69) is 129 Å². The van der Waals surface area contributed by atoms with Crippen molar-refractivity contribution in [1.82, 2.24) is 5.32 Å². The van der Waals surface area contributed by atoms with Gasteiger partial charge in [0.25, 0.3) is 0 Å². The summed E-state index contributed by atoms with van der Waals surface area (Å²) in [6, 6.07) is -0.635. The van der Waals surface area contributed by atoms with Crippen molar-refractivity contribution in [1.29, 1.82) is 0 Å². The number of unbranched alkanes of at least 4 members (excludes halogenated alkanes) is 17. The Hall–Kier alpha value is -3.21. The van der Waals surface area contributed by atoms with Gasteiger partial charge in [0.05, 0.1) is 18.8 Å². The summed E-state index contributed by atoms with van der Waals surface area (Å²) in [4.78, 5) is 12.4. The maximum absolute atomic E-state index is 12.4. The minimum atomic E-state index is -0.851. The van der Waals surface area contributed by atoms with Crippen molar-refractivity contribution in [2.75, 3.05) is 6.61 Å². The molecule has 2 unspecified atom stereocenters. The highest BCUT2D eigenvalue weighted by Gasteiger charge is 2.17. The Morgan fingerprint density at radius 1 is 0.424 bits per heavy atom. The van der Waals surface area contributed by atoms with Crippen molar-refractivity contribution in [3.63, 3.8) is 0 Å². The number of aliphatic hydroxyl groups excluding tert-OH is 2. The van der Waals surface area contributed by atoms with E-state index in [4.69, 9.17) is 0 Å². The van der Waals surface area contributed by atoms with Crippen LogP contribution in [0.2, 0.25) is 0 Å². The van der Waals surface area contributed by atoms with Gasteiger partial charge in [-0.25, -0.2) is 0 Å². The number of rotatable bonds is 42. The van der Waals surface area contributed by atoms with Gasteiger partial charge in [0.2, 0.25) is 5.91 Å². The van der Waals surface area contributed by atoms with Crippen LogP contribution in [0.15, 0.2) is 122 Å². The Balaban J connectivity index is 3.66. The molecule has 0 spiro atoms. The lowest BCUT2D eigenvalue weighted by Crippen LogP contribution is -2.45. The van der Waals surface area contributed by atoms with Crippen LogP contribution < -0.4 is 5.32 Å². The largest absolute Gasteiger partial charge is 0.394 e. The molecule has 3 N–H and O–H groups in total. The molecule has 0 aliphatic rings. The summed E-state index contributed by atoms with van der Waals surface area (Å²) in [5.41, 5.74) is 0. The van der Waals surface area contributed by atoms with Gasteiger partial charge in [-0.05, 0) is 89.9 Å². The van der Waals surface area contributed by atoms with Crippen molar-refractivity contribution in [2.45, 2.75) is 212 Å². The molecule has 0 aliphatic carbocycles. The first-order valence-electron chi connectivity index (χ1n) is 24.2. The summed E-state index contributed by atoms with van der Waals surface area (Å²) in [7, 11) is 0. The second-order valence-corrected chi connectivity index (χ2v) is 15.8. The minimum absolute atomic E-state index is 0.0823. The summed E-state index contributed by atoms with van der Waals surface area (Å²) in [5, 5.41) is 23.0. The number of hydrogen-bond donors (Lipinski definition) is 3. The Bertz CT molecular complexity index is 1200. The van der Waals surface area contributed by atoms with Crippen molar-refractivity contribution < 1.29 is 15.0 Å². The molecule has 0 saturated carbocycles. The number of carbonyl (C=O) groups excluding carboxylic acids is 1. The number of allylic oxidation sites excluding steroid dienone is 19. The third kappa shape index (κ3) is 45.7. The van der Waals surface area contributed by atoms with Gasteiger partial charge < -0.3 is 15.5 Å². The van der Waals surface area contributed by atoms with Crippen molar-refractivity contribution in [3.8, 4) is 0 Å². The molecule has 2 atom stereocenters. The first-order valence-corrected chi connectivity index (χ1v) is 24.2. The molecular formula is C55H91NO3. The molecule has 0 radical (unpaired) electrons. The Kier molecular flexibility index (Phi) is 46.5.